The van der Waals surface area contributed by atoms with Gasteiger partial charge in [-0.2, -0.15) is 0 Å². The summed E-state index contributed by atoms with van der Waals surface area (Å²) in [5.74, 6) is 0.000392. The van der Waals surface area contributed by atoms with Crippen LogP contribution in [-0.4, -0.2) is 47.8 Å². The van der Waals surface area contributed by atoms with Crippen molar-refractivity contribution in [1.82, 2.24) is 4.90 Å². The third-order valence-corrected chi connectivity index (χ3v) is 4.62. The van der Waals surface area contributed by atoms with Crippen molar-refractivity contribution in [3.63, 3.8) is 0 Å². The van der Waals surface area contributed by atoms with E-state index in [-0.39, 0.29) is 11.9 Å². The number of aliphatic hydroxyl groups excluding tert-OH is 1. The van der Waals surface area contributed by atoms with Crippen LogP contribution < -0.4 is 0 Å². The average molecular weight is 289 g/mol. The number of carbonyl (C=O) groups is 1. The second-order valence-corrected chi connectivity index (χ2v) is 5.95. The Labute approximate surface area is 125 Å². The fraction of sp³-hybridized carbons (Fsp3) is 0.588. The summed E-state index contributed by atoms with van der Waals surface area (Å²) in [6.07, 6.45) is 4.06. The summed E-state index contributed by atoms with van der Waals surface area (Å²) >= 11 is 0. The number of hydrogen-bond acceptors (Lipinski definition) is 3. The van der Waals surface area contributed by atoms with Gasteiger partial charge in [0.2, 0.25) is 0 Å². The number of carbonyl (C=O) groups excluding carboxylic acids is 1. The summed E-state index contributed by atoms with van der Waals surface area (Å²) in [5, 5.41) is 9.96. The molecule has 21 heavy (non-hydrogen) atoms. The second kappa shape index (κ2) is 6.16. The van der Waals surface area contributed by atoms with Gasteiger partial charge in [0, 0.05) is 12.1 Å². The van der Waals surface area contributed by atoms with E-state index in [0.29, 0.717) is 19.8 Å². The molecule has 0 bridgehead atoms. The molecule has 114 valence electrons. The largest absolute Gasteiger partial charge is 0.388 e. The lowest BCUT2D eigenvalue weighted by atomic mass is 9.90. The maximum absolute atomic E-state index is 12.8. The van der Waals surface area contributed by atoms with Crippen LogP contribution in [0.15, 0.2) is 18.2 Å². The zero-order valence-corrected chi connectivity index (χ0v) is 12.5. The van der Waals surface area contributed by atoms with Gasteiger partial charge in [0.25, 0.3) is 5.91 Å². The van der Waals surface area contributed by atoms with E-state index >= 15 is 0 Å². The summed E-state index contributed by atoms with van der Waals surface area (Å²) in [5.41, 5.74) is 3.42. The Kier molecular flexibility index (Phi) is 4.27. The van der Waals surface area contributed by atoms with E-state index in [0.717, 1.165) is 18.4 Å². The van der Waals surface area contributed by atoms with Gasteiger partial charge in [-0.25, -0.2) is 0 Å². The highest BCUT2D eigenvalue weighted by molar-refractivity contribution is 5.94. The molecule has 3 rings (SSSR count). The number of likely N-dealkylation sites (N-methyl/N-ethyl adjacent to an activating group) is 1. The van der Waals surface area contributed by atoms with Gasteiger partial charge in [0.15, 0.2) is 0 Å². The van der Waals surface area contributed by atoms with Crippen LogP contribution in [0.5, 0.6) is 0 Å². The van der Waals surface area contributed by atoms with Gasteiger partial charge in [-0.3, -0.25) is 4.79 Å². The van der Waals surface area contributed by atoms with E-state index in [1.807, 2.05) is 19.1 Å². The number of aliphatic hydroxyl groups is 1. The zero-order valence-electron chi connectivity index (χ0n) is 12.5. The van der Waals surface area contributed by atoms with Crippen molar-refractivity contribution >= 4 is 5.91 Å². The smallest absolute Gasteiger partial charge is 0.254 e. The molecule has 2 atom stereocenters. The molecule has 0 radical (unpaired) electrons. The van der Waals surface area contributed by atoms with Crippen molar-refractivity contribution in [3.8, 4) is 0 Å². The number of amides is 1. The molecule has 1 heterocycles. The Balaban J connectivity index is 1.83. The van der Waals surface area contributed by atoms with Crippen LogP contribution in [0.2, 0.25) is 0 Å². The number of aryl methyl sites for hydroxylation is 2. The SMILES string of the molecule is CCN(C(=O)c1ccc2c(c1)CCCC2)C1COCC1O. The molecule has 0 spiro atoms. The predicted molar refractivity (Wildman–Crippen MR) is 80.4 cm³/mol. The number of ether oxygens (including phenoxy) is 1. The van der Waals surface area contributed by atoms with Crippen LogP contribution in [0.3, 0.4) is 0 Å². The summed E-state index contributed by atoms with van der Waals surface area (Å²) < 4.78 is 5.28. The van der Waals surface area contributed by atoms with Crippen molar-refractivity contribution in [1.29, 1.82) is 0 Å². The maximum Gasteiger partial charge on any atom is 0.254 e. The van der Waals surface area contributed by atoms with Crippen molar-refractivity contribution in [2.45, 2.75) is 44.8 Å². The van der Waals surface area contributed by atoms with Crippen LogP contribution in [0, 0.1) is 0 Å². The van der Waals surface area contributed by atoms with Gasteiger partial charge in [0.05, 0.1) is 25.4 Å². The zero-order chi connectivity index (χ0) is 14.8. The minimum absolute atomic E-state index is 0.000392. The van der Waals surface area contributed by atoms with E-state index < -0.39 is 6.10 Å². The molecule has 4 heteroatoms. The van der Waals surface area contributed by atoms with Crippen molar-refractivity contribution in [2.24, 2.45) is 0 Å². The second-order valence-electron chi connectivity index (χ2n) is 5.95. The highest BCUT2D eigenvalue weighted by Crippen LogP contribution is 2.24. The minimum Gasteiger partial charge on any atom is -0.388 e. The predicted octanol–water partition coefficient (Wildman–Crippen LogP) is 1.79. The van der Waals surface area contributed by atoms with Gasteiger partial charge in [0.1, 0.15) is 0 Å². The number of fused-ring (bicyclic) bond motifs is 1. The minimum atomic E-state index is -0.577. The number of nitrogens with zero attached hydrogens (tertiary/aromatic N) is 1. The molecular formula is C17H23NO3. The quantitative estimate of drug-likeness (QED) is 0.923. The van der Waals surface area contributed by atoms with Gasteiger partial charge in [-0.1, -0.05) is 6.07 Å². The summed E-state index contributed by atoms with van der Waals surface area (Å²) in [6, 6.07) is 5.84. The van der Waals surface area contributed by atoms with Crippen molar-refractivity contribution in [2.75, 3.05) is 19.8 Å². The van der Waals surface area contributed by atoms with Crippen LogP contribution in [0.25, 0.3) is 0 Å². The maximum atomic E-state index is 12.8. The third kappa shape index (κ3) is 2.83. The number of benzene rings is 1. The molecule has 2 unspecified atom stereocenters. The molecule has 1 aromatic carbocycles. The molecule has 1 aliphatic carbocycles. The monoisotopic (exact) mass is 289 g/mol. The Hall–Kier alpha value is -1.39. The van der Waals surface area contributed by atoms with Gasteiger partial charge in [-0.15, -0.1) is 0 Å². The molecule has 1 fully saturated rings. The third-order valence-electron chi connectivity index (χ3n) is 4.62. The van der Waals surface area contributed by atoms with Gasteiger partial charge < -0.3 is 14.7 Å². The highest BCUT2D eigenvalue weighted by atomic mass is 16.5. The fourth-order valence-corrected chi connectivity index (χ4v) is 3.39. The lowest BCUT2D eigenvalue weighted by molar-refractivity contribution is 0.0520. The van der Waals surface area contributed by atoms with E-state index in [9.17, 15) is 9.90 Å². The molecule has 0 aromatic heterocycles. The number of hydrogen-bond donors (Lipinski definition) is 1. The van der Waals surface area contributed by atoms with E-state index in [1.54, 1.807) is 4.90 Å². The number of rotatable bonds is 3. The standard InChI is InChI=1S/C17H23NO3/c1-2-18(15-10-21-11-16(15)19)17(20)14-8-7-12-5-3-4-6-13(12)9-14/h7-9,15-16,19H,2-6,10-11H2,1H3. The topological polar surface area (TPSA) is 49.8 Å². The highest BCUT2D eigenvalue weighted by Gasteiger charge is 2.34. The normalized spacial score (nSPS) is 24.7. The first kappa shape index (κ1) is 14.5. The Morgan fingerprint density at radius 2 is 2.05 bits per heavy atom. The molecule has 2 aliphatic rings. The molecular weight excluding hydrogens is 266 g/mol. The van der Waals surface area contributed by atoms with Gasteiger partial charge >= 0.3 is 0 Å². The molecule has 4 nitrogen and oxygen atoms in total. The summed E-state index contributed by atoms with van der Waals surface area (Å²) in [4.78, 5) is 14.5. The first-order valence-electron chi connectivity index (χ1n) is 7.89. The Morgan fingerprint density at radius 1 is 1.29 bits per heavy atom. The summed E-state index contributed by atoms with van der Waals surface area (Å²) in [7, 11) is 0. The van der Waals surface area contributed by atoms with Crippen molar-refractivity contribution in [3.05, 3.63) is 34.9 Å². The Morgan fingerprint density at radius 3 is 2.71 bits per heavy atom. The molecule has 1 N–H and O–H groups in total. The van der Waals surface area contributed by atoms with E-state index in [1.165, 1.54) is 24.0 Å². The summed E-state index contributed by atoms with van der Waals surface area (Å²) in [6.45, 7) is 3.27. The van der Waals surface area contributed by atoms with Crippen LogP contribution in [0.4, 0.5) is 0 Å². The molecule has 0 saturated carbocycles. The van der Waals surface area contributed by atoms with Crippen LogP contribution >= 0.6 is 0 Å². The lowest BCUT2D eigenvalue weighted by Crippen LogP contribution is -2.46. The molecule has 1 aliphatic heterocycles. The Bertz CT molecular complexity index is 529. The van der Waals surface area contributed by atoms with E-state index in [2.05, 4.69) is 6.07 Å². The molecule has 1 amide bonds. The van der Waals surface area contributed by atoms with Gasteiger partial charge in [-0.05, 0) is 55.9 Å². The molecule has 1 saturated heterocycles. The van der Waals surface area contributed by atoms with Crippen molar-refractivity contribution < 1.29 is 14.6 Å². The van der Waals surface area contributed by atoms with Crippen LogP contribution in [0.1, 0.15) is 41.3 Å². The average Bonchev–Trinajstić information content (AvgIpc) is 2.93. The first-order chi connectivity index (χ1) is 10.2. The first-order valence-corrected chi connectivity index (χ1v) is 7.89. The molecule has 1 aromatic rings. The van der Waals surface area contributed by atoms with Crippen LogP contribution in [-0.2, 0) is 17.6 Å². The lowest BCUT2D eigenvalue weighted by Gasteiger charge is -2.29. The van der Waals surface area contributed by atoms with E-state index in [4.69, 9.17) is 4.74 Å². The fourth-order valence-electron chi connectivity index (χ4n) is 3.39.